The summed E-state index contributed by atoms with van der Waals surface area (Å²) in [5.74, 6) is 0.350. The molecule has 0 aliphatic carbocycles. The zero-order valence-electron chi connectivity index (χ0n) is 14.1. The second-order valence-corrected chi connectivity index (χ2v) is 6.64. The van der Waals surface area contributed by atoms with E-state index in [1.54, 1.807) is 23.9 Å². The van der Waals surface area contributed by atoms with Gasteiger partial charge in [-0.2, -0.15) is 11.8 Å². The molecule has 0 saturated heterocycles. The molecule has 2 rings (SSSR count). The number of carbonyl (C=O) groups is 2. The number of hydrogen-bond acceptors (Lipinski definition) is 4. The summed E-state index contributed by atoms with van der Waals surface area (Å²) in [4.78, 5) is 24.7. The van der Waals surface area contributed by atoms with E-state index in [0.29, 0.717) is 6.42 Å². The summed E-state index contributed by atoms with van der Waals surface area (Å²) >= 11 is 1.63. The predicted molar refractivity (Wildman–Crippen MR) is 97.5 cm³/mol. The Morgan fingerprint density at radius 3 is 2.50 bits per heavy atom. The lowest BCUT2D eigenvalue weighted by Gasteiger charge is -2.18. The lowest BCUT2D eigenvalue weighted by atomic mass is 10.1. The number of benzene rings is 1. The van der Waals surface area contributed by atoms with Crippen molar-refractivity contribution in [2.24, 2.45) is 0 Å². The van der Waals surface area contributed by atoms with Gasteiger partial charge in [-0.15, -0.1) is 0 Å². The Hall–Kier alpha value is -2.21. The van der Waals surface area contributed by atoms with Gasteiger partial charge in [0.15, 0.2) is 5.76 Å². The maximum atomic E-state index is 12.6. The molecule has 0 fully saturated rings. The second kappa shape index (κ2) is 8.59. The first-order valence-electron chi connectivity index (χ1n) is 7.72. The summed E-state index contributed by atoms with van der Waals surface area (Å²) in [7, 11) is 0. The molecule has 0 saturated carbocycles. The van der Waals surface area contributed by atoms with Gasteiger partial charge in [-0.25, -0.2) is 0 Å². The van der Waals surface area contributed by atoms with Crippen molar-refractivity contribution in [1.82, 2.24) is 5.32 Å². The smallest absolute Gasteiger partial charge is 0.287 e. The largest absolute Gasteiger partial charge is 0.459 e. The Morgan fingerprint density at radius 2 is 1.92 bits per heavy atom. The minimum Gasteiger partial charge on any atom is -0.459 e. The van der Waals surface area contributed by atoms with Crippen LogP contribution in [0.5, 0.6) is 0 Å². The van der Waals surface area contributed by atoms with Crippen LogP contribution >= 0.6 is 11.8 Å². The van der Waals surface area contributed by atoms with Crippen LogP contribution in [0.3, 0.4) is 0 Å². The third-order valence-corrected chi connectivity index (χ3v) is 4.11. The molecule has 5 nitrogen and oxygen atoms in total. The summed E-state index contributed by atoms with van der Waals surface area (Å²) in [5, 5.41) is 5.64. The number of anilines is 1. The van der Waals surface area contributed by atoms with Crippen LogP contribution in [0.25, 0.3) is 0 Å². The van der Waals surface area contributed by atoms with Gasteiger partial charge < -0.3 is 15.1 Å². The van der Waals surface area contributed by atoms with E-state index in [9.17, 15) is 9.59 Å². The Morgan fingerprint density at radius 1 is 1.21 bits per heavy atom. The van der Waals surface area contributed by atoms with E-state index in [2.05, 4.69) is 10.6 Å². The fourth-order valence-corrected chi connectivity index (χ4v) is 2.89. The van der Waals surface area contributed by atoms with Crippen LogP contribution in [-0.4, -0.2) is 29.9 Å². The number of furan rings is 1. The summed E-state index contributed by atoms with van der Waals surface area (Å²) in [6.07, 6.45) is 3.94. The molecule has 0 aliphatic rings. The van der Waals surface area contributed by atoms with Crippen LogP contribution in [0, 0.1) is 13.8 Å². The molecule has 1 heterocycles. The van der Waals surface area contributed by atoms with Gasteiger partial charge in [0.25, 0.3) is 5.91 Å². The highest BCUT2D eigenvalue weighted by Crippen LogP contribution is 2.15. The van der Waals surface area contributed by atoms with E-state index in [4.69, 9.17) is 4.42 Å². The molecule has 1 atom stereocenters. The Balaban J connectivity index is 2.08. The Bertz CT molecular complexity index is 678. The number of hydrogen-bond donors (Lipinski definition) is 2. The second-order valence-electron chi connectivity index (χ2n) is 5.65. The Kier molecular flexibility index (Phi) is 6.49. The van der Waals surface area contributed by atoms with Crippen molar-refractivity contribution in [2.75, 3.05) is 17.3 Å². The highest BCUT2D eigenvalue weighted by molar-refractivity contribution is 7.98. The fraction of sp³-hybridized carbons (Fsp3) is 0.333. The van der Waals surface area contributed by atoms with Crippen molar-refractivity contribution < 1.29 is 14.0 Å². The first-order valence-corrected chi connectivity index (χ1v) is 9.11. The summed E-state index contributed by atoms with van der Waals surface area (Å²) < 4.78 is 5.08. The van der Waals surface area contributed by atoms with Crippen LogP contribution in [0.2, 0.25) is 0 Å². The van der Waals surface area contributed by atoms with E-state index in [1.807, 2.05) is 38.3 Å². The van der Waals surface area contributed by atoms with Crippen molar-refractivity contribution in [2.45, 2.75) is 26.3 Å². The van der Waals surface area contributed by atoms with Crippen molar-refractivity contribution in [3.05, 3.63) is 53.5 Å². The number of carbonyl (C=O) groups excluding carboxylic acids is 2. The minimum absolute atomic E-state index is 0.198. The summed E-state index contributed by atoms with van der Waals surface area (Å²) in [6, 6.07) is 8.45. The Labute approximate surface area is 146 Å². The molecule has 2 N–H and O–H groups in total. The quantitative estimate of drug-likeness (QED) is 0.806. The fourth-order valence-electron chi connectivity index (χ4n) is 2.42. The molecule has 1 aromatic heterocycles. The van der Waals surface area contributed by atoms with Crippen LogP contribution in [-0.2, 0) is 4.79 Å². The average molecular weight is 346 g/mol. The van der Waals surface area contributed by atoms with Gasteiger partial charge >= 0.3 is 0 Å². The van der Waals surface area contributed by atoms with Crippen molar-refractivity contribution in [3.63, 3.8) is 0 Å². The van der Waals surface area contributed by atoms with E-state index in [1.165, 1.54) is 6.26 Å². The maximum absolute atomic E-state index is 12.6. The third-order valence-electron chi connectivity index (χ3n) is 3.47. The molecule has 0 spiro atoms. The molecule has 0 bridgehead atoms. The van der Waals surface area contributed by atoms with E-state index < -0.39 is 6.04 Å². The van der Waals surface area contributed by atoms with Gasteiger partial charge in [0.05, 0.1) is 6.26 Å². The number of nitrogens with one attached hydrogen (secondary N) is 2. The summed E-state index contributed by atoms with van der Waals surface area (Å²) in [5.41, 5.74) is 2.88. The molecular weight excluding hydrogens is 324 g/mol. The predicted octanol–water partition coefficient (Wildman–Crippen LogP) is 3.39. The third kappa shape index (κ3) is 5.16. The topological polar surface area (TPSA) is 71.3 Å². The molecule has 2 amide bonds. The lowest BCUT2D eigenvalue weighted by molar-refractivity contribution is -0.118. The molecule has 0 unspecified atom stereocenters. The number of thioether (sulfide) groups is 1. The summed E-state index contributed by atoms with van der Waals surface area (Å²) in [6.45, 7) is 3.96. The molecule has 128 valence electrons. The highest BCUT2D eigenvalue weighted by atomic mass is 32.2. The van der Waals surface area contributed by atoms with Gasteiger partial charge in [-0.1, -0.05) is 6.07 Å². The van der Waals surface area contributed by atoms with E-state index in [-0.39, 0.29) is 17.6 Å². The van der Waals surface area contributed by atoms with Gasteiger partial charge in [-0.05, 0) is 67.7 Å². The van der Waals surface area contributed by atoms with E-state index >= 15 is 0 Å². The molecule has 0 aliphatic heterocycles. The molecule has 6 heteroatoms. The molecule has 2 aromatic rings. The molecular formula is C18H22N2O3S. The monoisotopic (exact) mass is 346 g/mol. The van der Waals surface area contributed by atoms with Gasteiger partial charge in [-0.3, -0.25) is 9.59 Å². The van der Waals surface area contributed by atoms with Crippen LogP contribution < -0.4 is 10.6 Å². The molecule has 0 radical (unpaired) electrons. The molecule has 24 heavy (non-hydrogen) atoms. The average Bonchev–Trinajstić information content (AvgIpc) is 3.04. The number of rotatable bonds is 7. The first kappa shape index (κ1) is 18.1. The van der Waals surface area contributed by atoms with Crippen LogP contribution in [0.4, 0.5) is 5.69 Å². The van der Waals surface area contributed by atoms with Gasteiger partial charge in [0.1, 0.15) is 6.04 Å². The van der Waals surface area contributed by atoms with Crippen molar-refractivity contribution in [1.29, 1.82) is 0 Å². The maximum Gasteiger partial charge on any atom is 0.287 e. The zero-order chi connectivity index (χ0) is 17.5. The van der Waals surface area contributed by atoms with Gasteiger partial charge in [0.2, 0.25) is 5.91 Å². The number of amides is 2. The molecule has 1 aromatic carbocycles. The normalized spacial score (nSPS) is 11.8. The SMILES string of the molecule is CSCC[C@@H](NC(=O)c1ccco1)C(=O)Nc1cc(C)cc(C)c1. The van der Waals surface area contributed by atoms with E-state index in [0.717, 1.165) is 22.6 Å². The van der Waals surface area contributed by atoms with Gasteiger partial charge in [0, 0.05) is 5.69 Å². The number of aryl methyl sites for hydroxylation is 2. The minimum atomic E-state index is -0.615. The van der Waals surface area contributed by atoms with Crippen molar-refractivity contribution >= 4 is 29.3 Å². The van der Waals surface area contributed by atoms with Crippen LogP contribution in [0.1, 0.15) is 28.1 Å². The van der Waals surface area contributed by atoms with Crippen molar-refractivity contribution in [3.8, 4) is 0 Å². The standard InChI is InChI=1S/C18H22N2O3S/c1-12-9-13(2)11-14(10-12)19-17(21)15(6-8-24-3)20-18(22)16-5-4-7-23-16/h4-5,7,9-11,15H,6,8H2,1-3H3,(H,19,21)(H,20,22)/t15-/m1/s1. The lowest BCUT2D eigenvalue weighted by Crippen LogP contribution is -2.44. The highest BCUT2D eigenvalue weighted by Gasteiger charge is 2.22. The first-order chi connectivity index (χ1) is 11.5. The van der Waals surface area contributed by atoms with Crippen LogP contribution in [0.15, 0.2) is 41.0 Å². The zero-order valence-corrected chi connectivity index (χ0v) is 14.9.